The van der Waals surface area contributed by atoms with Crippen molar-refractivity contribution in [2.75, 3.05) is 25.5 Å². The molecule has 2 aromatic rings. The predicted molar refractivity (Wildman–Crippen MR) is 89.8 cm³/mol. The second kappa shape index (κ2) is 7.11. The summed E-state index contributed by atoms with van der Waals surface area (Å²) in [6.07, 6.45) is -0.0901. The summed E-state index contributed by atoms with van der Waals surface area (Å²) in [5.74, 6) is 0.725. The van der Waals surface area contributed by atoms with Crippen molar-refractivity contribution in [2.45, 2.75) is 12.7 Å². The Morgan fingerprint density at radius 1 is 1.38 bits per heavy atom. The molecule has 2 amide bonds. The zero-order chi connectivity index (χ0) is 18.7. The molecule has 0 aliphatic carbocycles. The van der Waals surface area contributed by atoms with Crippen LogP contribution in [0, 0.1) is 0 Å². The number of aromatic nitrogens is 2. The lowest BCUT2D eigenvalue weighted by Gasteiger charge is -2.17. The average Bonchev–Trinajstić information content (AvgIpc) is 3.23. The van der Waals surface area contributed by atoms with E-state index in [0.29, 0.717) is 13.1 Å². The lowest BCUT2D eigenvalue weighted by Crippen LogP contribution is -2.33. The normalized spacial score (nSPS) is 14.3. The molecule has 0 saturated heterocycles. The molecule has 1 aromatic heterocycles. The summed E-state index contributed by atoms with van der Waals surface area (Å²) in [6.45, 7) is -0.390. The van der Waals surface area contributed by atoms with Gasteiger partial charge in [-0.05, 0) is 23.3 Å². The molecule has 0 saturated carbocycles. The number of urea groups is 1. The minimum absolute atomic E-state index is 0.217. The number of benzene rings is 1. The van der Waals surface area contributed by atoms with Crippen molar-refractivity contribution in [3.05, 3.63) is 48.3 Å². The Balaban J connectivity index is 1.59. The van der Waals surface area contributed by atoms with Crippen LogP contribution in [0.3, 0.4) is 0 Å². The van der Waals surface area contributed by atoms with Gasteiger partial charge in [0.2, 0.25) is 0 Å². The molecule has 0 bridgehead atoms. The van der Waals surface area contributed by atoms with Crippen LogP contribution in [0.15, 0.2) is 42.7 Å². The van der Waals surface area contributed by atoms with Crippen molar-refractivity contribution in [1.82, 2.24) is 14.7 Å². The zero-order valence-corrected chi connectivity index (χ0v) is 14.0. The Morgan fingerprint density at radius 2 is 2.19 bits per heavy atom. The summed E-state index contributed by atoms with van der Waals surface area (Å²) >= 11 is 0. The Bertz CT molecular complexity index is 829. The standard InChI is InChI=1S/C17H17F3N4O2/c1-26-15-4-2-3-12(7-15)13-5-6-23(9-13)16(25)22-14-8-21-24(10-14)11-17(18,19)20/h2-5,7-8,10H,6,9,11H2,1H3,(H,22,25). The number of ether oxygens (including phenoxy) is 1. The first-order chi connectivity index (χ1) is 12.3. The Labute approximate surface area is 147 Å². The van der Waals surface area contributed by atoms with Gasteiger partial charge in [0.25, 0.3) is 0 Å². The van der Waals surface area contributed by atoms with Crippen molar-refractivity contribution in [2.24, 2.45) is 0 Å². The highest BCUT2D eigenvalue weighted by Gasteiger charge is 2.28. The van der Waals surface area contributed by atoms with Crippen LogP contribution in [-0.2, 0) is 6.54 Å². The smallest absolute Gasteiger partial charge is 0.408 e. The maximum Gasteiger partial charge on any atom is 0.408 e. The van der Waals surface area contributed by atoms with E-state index in [1.807, 2.05) is 30.3 Å². The summed E-state index contributed by atoms with van der Waals surface area (Å²) in [6, 6.07) is 7.12. The van der Waals surface area contributed by atoms with Crippen molar-refractivity contribution in [3.8, 4) is 5.75 Å². The van der Waals surface area contributed by atoms with Gasteiger partial charge in [-0.2, -0.15) is 18.3 Å². The van der Waals surface area contributed by atoms with E-state index >= 15 is 0 Å². The number of carbonyl (C=O) groups is 1. The number of nitrogens with zero attached hydrogens (tertiary/aromatic N) is 3. The fourth-order valence-electron chi connectivity index (χ4n) is 2.64. The minimum atomic E-state index is -4.36. The highest BCUT2D eigenvalue weighted by atomic mass is 19.4. The van der Waals surface area contributed by atoms with Crippen LogP contribution < -0.4 is 10.1 Å². The number of hydrogen-bond donors (Lipinski definition) is 1. The summed E-state index contributed by atoms with van der Waals surface area (Å²) in [7, 11) is 1.58. The van der Waals surface area contributed by atoms with E-state index in [1.54, 1.807) is 12.0 Å². The fraction of sp³-hybridized carbons (Fsp3) is 0.294. The number of methoxy groups -OCH3 is 1. The summed E-state index contributed by atoms with van der Waals surface area (Å²) in [4.78, 5) is 13.9. The predicted octanol–water partition coefficient (Wildman–Crippen LogP) is 3.39. The largest absolute Gasteiger partial charge is 0.497 e. The second-order valence-corrected chi connectivity index (χ2v) is 5.81. The number of halogens is 3. The van der Waals surface area contributed by atoms with E-state index in [-0.39, 0.29) is 5.69 Å². The van der Waals surface area contributed by atoms with Crippen LogP contribution in [0.2, 0.25) is 0 Å². The SMILES string of the molecule is COc1cccc(C2=CCN(C(=O)Nc3cnn(CC(F)(F)F)c3)C2)c1. The van der Waals surface area contributed by atoms with Crippen molar-refractivity contribution >= 4 is 17.3 Å². The number of rotatable bonds is 4. The number of alkyl halides is 3. The van der Waals surface area contributed by atoms with Gasteiger partial charge in [-0.15, -0.1) is 0 Å². The van der Waals surface area contributed by atoms with Gasteiger partial charge in [-0.25, -0.2) is 4.79 Å². The van der Waals surface area contributed by atoms with Gasteiger partial charge < -0.3 is 15.0 Å². The monoisotopic (exact) mass is 366 g/mol. The van der Waals surface area contributed by atoms with Crippen LogP contribution >= 0.6 is 0 Å². The number of anilines is 1. The molecule has 3 rings (SSSR count). The van der Waals surface area contributed by atoms with Crippen LogP contribution in [0.25, 0.3) is 5.57 Å². The molecule has 26 heavy (non-hydrogen) atoms. The third-order valence-electron chi connectivity index (χ3n) is 3.87. The molecule has 9 heteroatoms. The molecular formula is C17H17F3N4O2. The second-order valence-electron chi connectivity index (χ2n) is 5.81. The molecule has 1 N–H and O–H groups in total. The van der Waals surface area contributed by atoms with Gasteiger partial charge in [0.15, 0.2) is 0 Å². The summed E-state index contributed by atoms with van der Waals surface area (Å²) in [5.41, 5.74) is 2.15. The molecule has 0 radical (unpaired) electrons. The summed E-state index contributed by atoms with van der Waals surface area (Å²) < 4.78 is 43.0. The highest BCUT2D eigenvalue weighted by molar-refractivity contribution is 5.91. The van der Waals surface area contributed by atoms with E-state index in [0.717, 1.165) is 27.8 Å². The van der Waals surface area contributed by atoms with Crippen molar-refractivity contribution in [3.63, 3.8) is 0 Å². The maximum absolute atomic E-state index is 12.3. The molecule has 0 unspecified atom stereocenters. The number of amides is 2. The lowest BCUT2D eigenvalue weighted by atomic mass is 10.1. The van der Waals surface area contributed by atoms with Crippen LogP contribution in [0.4, 0.5) is 23.7 Å². The molecule has 0 atom stereocenters. The van der Waals surface area contributed by atoms with E-state index in [9.17, 15) is 18.0 Å². The van der Waals surface area contributed by atoms with Crippen molar-refractivity contribution in [1.29, 1.82) is 0 Å². The molecule has 138 valence electrons. The third-order valence-corrected chi connectivity index (χ3v) is 3.87. The van der Waals surface area contributed by atoms with Crippen LogP contribution in [0.1, 0.15) is 5.56 Å². The Kier molecular flexibility index (Phi) is 4.88. The van der Waals surface area contributed by atoms with Gasteiger partial charge in [-0.3, -0.25) is 4.68 Å². The quantitative estimate of drug-likeness (QED) is 0.902. The molecule has 6 nitrogen and oxygen atoms in total. The first-order valence-corrected chi connectivity index (χ1v) is 7.82. The van der Waals surface area contributed by atoms with E-state index in [2.05, 4.69) is 10.4 Å². The number of nitrogens with one attached hydrogen (secondary N) is 1. The van der Waals surface area contributed by atoms with E-state index in [1.165, 1.54) is 6.20 Å². The first-order valence-electron chi connectivity index (χ1n) is 7.82. The Morgan fingerprint density at radius 3 is 2.92 bits per heavy atom. The van der Waals surface area contributed by atoms with E-state index < -0.39 is 18.8 Å². The molecule has 1 aromatic carbocycles. The zero-order valence-electron chi connectivity index (χ0n) is 14.0. The van der Waals surface area contributed by atoms with Crippen LogP contribution in [0.5, 0.6) is 5.75 Å². The first kappa shape index (κ1) is 17.8. The molecule has 0 spiro atoms. The molecular weight excluding hydrogens is 349 g/mol. The molecule has 0 fully saturated rings. The average molecular weight is 366 g/mol. The van der Waals surface area contributed by atoms with Gasteiger partial charge in [0.1, 0.15) is 12.3 Å². The molecule has 2 heterocycles. The van der Waals surface area contributed by atoms with E-state index in [4.69, 9.17) is 4.74 Å². The highest BCUT2D eigenvalue weighted by Crippen LogP contribution is 2.25. The minimum Gasteiger partial charge on any atom is -0.497 e. The molecule has 1 aliphatic rings. The van der Waals surface area contributed by atoms with Gasteiger partial charge in [-0.1, -0.05) is 18.2 Å². The number of hydrogen-bond acceptors (Lipinski definition) is 3. The van der Waals surface area contributed by atoms with Crippen molar-refractivity contribution < 1.29 is 22.7 Å². The third kappa shape index (κ3) is 4.35. The van der Waals surface area contributed by atoms with Gasteiger partial charge in [0.05, 0.1) is 19.0 Å². The summed E-state index contributed by atoms with van der Waals surface area (Å²) in [5, 5.41) is 6.16. The topological polar surface area (TPSA) is 59.4 Å². The van der Waals surface area contributed by atoms with Gasteiger partial charge >= 0.3 is 12.2 Å². The fourth-order valence-corrected chi connectivity index (χ4v) is 2.64. The lowest BCUT2D eigenvalue weighted by molar-refractivity contribution is -0.142. The number of carbonyl (C=O) groups excluding carboxylic acids is 1. The van der Waals surface area contributed by atoms with Gasteiger partial charge in [0, 0.05) is 19.3 Å². The molecule has 1 aliphatic heterocycles. The van der Waals surface area contributed by atoms with Crippen LogP contribution in [-0.4, -0.2) is 47.1 Å². The maximum atomic E-state index is 12.3. The Hall–Kier alpha value is -2.97.